The number of carboxylic acid groups (broad SMARTS) is 1. The van der Waals surface area contributed by atoms with E-state index < -0.39 is 12.0 Å². The van der Waals surface area contributed by atoms with Crippen molar-refractivity contribution in [2.75, 3.05) is 0 Å². The van der Waals surface area contributed by atoms with Gasteiger partial charge in [0.2, 0.25) is 0 Å². The zero-order valence-electron chi connectivity index (χ0n) is 9.93. The Morgan fingerprint density at radius 2 is 2.12 bits per heavy atom. The largest absolute Gasteiger partial charge is 0.480 e. The van der Waals surface area contributed by atoms with Crippen LogP contribution in [0.1, 0.15) is 27.7 Å². The van der Waals surface area contributed by atoms with Crippen LogP contribution >= 0.6 is 24.0 Å². The first-order valence-corrected chi connectivity index (χ1v) is 6.79. The first-order valence-electron chi connectivity index (χ1n) is 5.50. The molecule has 2 rings (SSSR count). The second-order valence-corrected chi connectivity index (χ2v) is 7.56. The molecule has 2 heterocycles. The molecule has 16 heavy (non-hydrogen) atoms. The van der Waals surface area contributed by atoms with Gasteiger partial charge in [-0.25, -0.2) is 4.79 Å². The number of nitrogens with zero attached hydrogens (tertiary/aromatic N) is 1. The van der Waals surface area contributed by atoms with Crippen molar-refractivity contribution in [2.45, 2.75) is 43.9 Å². The van der Waals surface area contributed by atoms with Crippen molar-refractivity contribution in [1.82, 2.24) is 4.90 Å². The highest BCUT2D eigenvalue weighted by atomic mass is 32.2. The van der Waals surface area contributed by atoms with Crippen LogP contribution in [0, 0.1) is 11.8 Å². The van der Waals surface area contributed by atoms with Gasteiger partial charge >= 0.3 is 5.97 Å². The highest BCUT2D eigenvalue weighted by molar-refractivity contribution is 8.01. The summed E-state index contributed by atoms with van der Waals surface area (Å²) in [6.45, 7) is 8.29. The molecule has 0 saturated carbocycles. The van der Waals surface area contributed by atoms with E-state index in [2.05, 4.69) is 13.8 Å². The summed E-state index contributed by atoms with van der Waals surface area (Å²) < 4.78 is -0.260. The average Bonchev–Trinajstić information content (AvgIpc) is 2.33. The molecule has 3 nitrogen and oxygen atoms in total. The molecule has 0 unspecified atom stereocenters. The lowest BCUT2D eigenvalue weighted by Gasteiger charge is -2.48. The van der Waals surface area contributed by atoms with Crippen LogP contribution in [0.3, 0.4) is 0 Å². The smallest absolute Gasteiger partial charge is 0.327 e. The molecular weight excluding hydrogens is 242 g/mol. The molecule has 0 aromatic rings. The minimum absolute atomic E-state index is 0.260. The molecule has 2 aliphatic rings. The van der Waals surface area contributed by atoms with Gasteiger partial charge in [0.25, 0.3) is 0 Å². The second kappa shape index (κ2) is 3.60. The Hall–Kier alpha value is -0.290. The van der Waals surface area contributed by atoms with Crippen LogP contribution in [0.2, 0.25) is 0 Å². The van der Waals surface area contributed by atoms with Crippen molar-refractivity contribution < 1.29 is 9.90 Å². The number of thiocarbonyl (C=S) groups is 1. The fraction of sp³-hybridized carbons (Fsp3) is 0.818. The van der Waals surface area contributed by atoms with Crippen molar-refractivity contribution in [2.24, 2.45) is 11.8 Å². The number of aliphatic carboxylic acids is 1. The maximum absolute atomic E-state index is 11.3. The standard InChI is InChI=1S/C11H17NO2S2/c1-5(2)6-8(15)12-7(10(13)14)11(3,4)16-9(6)12/h5-7,9H,1-4H3,(H,13,14)/t6-,7+,9-/m1/s1. The number of hydrogen-bond donors (Lipinski definition) is 1. The fourth-order valence-electron chi connectivity index (χ4n) is 2.66. The summed E-state index contributed by atoms with van der Waals surface area (Å²) in [5.74, 6) is 0.0952. The highest BCUT2D eigenvalue weighted by Gasteiger charge is 2.61. The number of carbonyl (C=O) groups is 1. The van der Waals surface area contributed by atoms with Crippen molar-refractivity contribution >= 4 is 34.9 Å². The first-order chi connectivity index (χ1) is 7.27. The molecule has 1 N–H and O–H groups in total. The van der Waals surface area contributed by atoms with Crippen LogP contribution < -0.4 is 0 Å². The molecule has 2 fully saturated rings. The summed E-state index contributed by atoms with van der Waals surface area (Å²) >= 11 is 7.12. The van der Waals surface area contributed by atoms with Gasteiger partial charge in [-0.2, -0.15) is 0 Å². The third-order valence-corrected chi connectivity index (χ3v) is 5.51. The Kier molecular flexibility index (Phi) is 2.74. The highest BCUT2D eigenvalue weighted by Crippen LogP contribution is 2.55. The van der Waals surface area contributed by atoms with Crippen molar-refractivity contribution in [3.05, 3.63) is 0 Å². The molecule has 0 aromatic heterocycles. The van der Waals surface area contributed by atoms with Gasteiger partial charge in [-0.3, -0.25) is 0 Å². The molecule has 2 saturated heterocycles. The lowest BCUT2D eigenvalue weighted by atomic mass is 9.85. The van der Waals surface area contributed by atoms with E-state index in [-0.39, 0.29) is 10.1 Å². The van der Waals surface area contributed by atoms with E-state index in [0.29, 0.717) is 11.8 Å². The molecule has 5 heteroatoms. The predicted octanol–water partition coefficient (Wildman–Crippen LogP) is 2.21. The number of hydrogen-bond acceptors (Lipinski definition) is 3. The molecule has 0 bridgehead atoms. The lowest BCUT2D eigenvalue weighted by Crippen LogP contribution is -2.63. The monoisotopic (exact) mass is 259 g/mol. The molecule has 3 atom stereocenters. The fourth-order valence-corrected chi connectivity index (χ4v) is 5.33. The molecule has 0 aliphatic carbocycles. The molecule has 2 aliphatic heterocycles. The van der Waals surface area contributed by atoms with Crippen LogP contribution in [-0.4, -0.2) is 37.1 Å². The SMILES string of the molecule is CC(C)[C@@H]1C(=S)N2[C@@H]1SC(C)(C)[C@@H]2C(=O)O. The van der Waals surface area contributed by atoms with E-state index in [4.69, 9.17) is 12.2 Å². The van der Waals surface area contributed by atoms with E-state index in [9.17, 15) is 9.90 Å². The van der Waals surface area contributed by atoms with Crippen LogP contribution in [0.15, 0.2) is 0 Å². The molecule has 0 spiro atoms. The van der Waals surface area contributed by atoms with E-state index >= 15 is 0 Å². The van der Waals surface area contributed by atoms with E-state index in [0.717, 1.165) is 4.99 Å². The summed E-state index contributed by atoms with van der Waals surface area (Å²) in [5.41, 5.74) is 0. The minimum Gasteiger partial charge on any atom is -0.480 e. The summed E-state index contributed by atoms with van der Waals surface area (Å²) in [7, 11) is 0. The third kappa shape index (κ3) is 1.48. The molecule has 0 amide bonds. The molecule has 90 valence electrons. The van der Waals surface area contributed by atoms with Gasteiger partial charge in [0.05, 0.1) is 10.4 Å². The Morgan fingerprint density at radius 1 is 1.56 bits per heavy atom. The van der Waals surface area contributed by atoms with Crippen LogP contribution in [0.25, 0.3) is 0 Å². The molecule has 0 aromatic carbocycles. The maximum Gasteiger partial charge on any atom is 0.327 e. The van der Waals surface area contributed by atoms with Gasteiger partial charge in [0.15, 0.2) is 0 Å². The number of thioether (sulfide) groups is 1. The number of carboxylic acids is 1. The van der Waals surface area contributed by atoms with Crippen molar-refractivity contribution in [1.29, 1.82) is 0 Å². The molecular formula is C11H17NO2S2. The predicted molar refractivity (Wildman–Crippen MR) is 69.6 cm³/mol. The van der Waals surface area contributed by atoms with Gasteiger partial charge in [-0.1, -0.05) is 26.1 Å². The van der Waals surface area contributed by atoms with Crippen molar-refractivity contribution in [3.8, 4) is 0 Å². The van der Waals surface area contributed by atoms with E-state index in [1.807, 2.05) is 18.7 Å². The molecule has 0 radical (unpaired) electrons. The first kappa shape index (κ1) is 12.2. The van der Waals surface area contributed by atoms with Crippen LogP contribution in [-0.2, 0) is 4.79 Å². The topological polar surface area (TPSA) is 40.5 Å². The maximum atomic E-state index is 11.3. The Morgan fingerprint density at radius 3 is 2.56 bits per heavy atom. The Balaban J connectivity index is 2.28. The Bertz CT molecular complexity index is 354. The summed E-state index contributed by atoms with van der Waals surface area (Å²) in [5, 5.41) is 9.57. The third-order valence-electron chi connectivity index (χ3n) is 3.43. The Labute approximate surface area is 106 Å². The minimum atomic E-state index is -0.760. The summed E-state index contributed by atoms with van der Waals surface area (Å²) in [6.07, 6.45) is 0. The number of fused-ring (bicyclic) bond motifs is 1. The van der Waals surface area contributed by atoms with Crippen LogP contribution in [0.5, 0.6) is 0 Å². The second-order valence-electron chi connectivity index (χ2n) is 5.37. The van der Waals surface area contributed by atoms with Crippen molar-refractivity contribution in [3.63, 3.8) is 0 Å². The summed E-state index contributed by atoms with van der Waals surface area (Å²) in [6, 6.07) is -0.468. The van der Waals surface area contributed by atoms with Gasteiger partial charge in [-0.15, -0.1) is 11.8 Å². The van der Waals surface area contributed by atoms with E-state index in [1.165, 1.54) is 0 Å². The normalized spacial score (nSPS) is 36.2. The van der Waals surface area contributed by atoms with Gasteiger partial charge in [0.1, 0.15) is 6.04 Å². The van der Waals surface area contributed by atoms with Gasteiger partial charge in [0, 0.05) is 10.7 Å². The average molecular weight is 259 g/mol. The van der Waals surface area contributed by atoms with Crippen LogP contribution in [0.4, 0.5) is 0 Å². The van der Waals surface area contributed by atoms with E-state index in [1.54, 1.807) is 11.8 Å². The summed E-state index contributed by atoms with van der Waals surface area (Å²) in [4.78, 5) is 14.1. The lowest BCUT2D eigenvalue weighted by molar-refractivity contribution is -0.143. The zero-order chi connectivity index (χ0) is 12.2. The quantitative estimate of drug-likeness (QED) is 0.770. The van der Waals surface area contributed by atoms with Gasteiger partial charge < -0.3 is 10.0 Å². The van der Waals surface area contributed by atoms with Gasteiger partial charge in [-0.05, 0) is 19.8 Å². The number of rotatable bonds is 2. The zero-order valence-corrected chi connectivity index (χ0v) is 11.6.